The summed E-state index contributed by atoms with van der Waals surface area (Å²) in [6, 6.07) is 7.06. The van der Waals surface area contributed by atoms with Crippen molar-refractivity contribution in [1.82, 2.24) is 15.1 Å². The summed E-state index contributed by atoms with van der Waals surface area (Å²) in [6.45, 7) is 9.32. The third-order valence-corrected chi connectivity index (χ3v) is 4.54. The molecule has 1 aliphatic heterocycles. The number of nitrogens with zero attached hydrogens (tertiary/aromatic N) is 2. The summed E-state index contributed by atoms with van der Waals surface area (Å²) in [5, 5.41) is 2.92. The summed E-state index contributed by atoms with van der Waals surface area (Å²) in [7, 11) is 0. The average molecular weight is 331 g/mol. The van der Waals surface area contributed by atoms with Crippen LogP contribution in [0.15, 0.2) is 24.3 Å². The number of likely N-dealkylation sites (N-methyl/N-ethyl adjacent to an activating group) is 1. The molecule has 5 heteroatoms. The number of carbonyl (C=O) groups excluding carboxylic acids is 2. The fraction of sp³-hybridized carbons (Fsp3) is 0.579. The maximum atomic E-state index is 12.6. The Bertz CT molecular complexity index is 551. The number of hydrogen-bond acceptors (Lipinski definition) is 3. The molecule has 0 aromatic heterocycles. The summed E-state index contributed by atoms with van der Waals surface area (Å²) in [4.78, 5) is 29.1. The van der Waals surface area contributed by atoms with Gasteiger partial charge in [0.25, 0.3) is 11.8 Å². The minimum Gasteiger partial charge on any atom is -0.352 e. The molecule has 0 spiro atoms. The molecule has 2 rings (SSSR count). The van der Waals surface area contributed by atoms with Crippen molar-refractivity contribution in [3.8, 4) is 0 Å². The first kappa shape index (κ1) is 18.5. The Morgan fingerprint density at radius 2 is 1.75 bits per heavy atom. The van der Waals surface area contributed by atoms with Crippen molar-refractivity contribution in [2.45, 2.75) is 33.1 Å². The third kappa shape index (κ3) is 5.06. The number of nitrogens with one attached hydrogen (secondary N) is 1. The second-order valence-electron chi connectivity index (χ2n) is 6.27. The Labute approximate surface area is 145 Å². The number of hydrogen-bond donors (Lipinski definition) is 1. The molecule has 0 radical (unpaired) electrons. The summed E-state index contributed by atoms with van der Waals surface area (Å²) < 4.78 is 0. The van der Waals surface area contributed by atoms with Crippen LogP contribution in [0.2, 0.25) is 0 Å². The summed E-state index contributed by atoms with van der Waals surface area (Å²) in [6.07, 6.45) is 3.23. The van der Waals surface area contributed by atoms with Crippen molar-refractivity contribution in [1.29, 1.82) is 0 Å². The fourth-order valence-corrected chi connectivity index (χ4v) is 2.92. The maximum absolute atomic E-state index is 12.6. The zero-order valence-electron chi connectivity index (χ0n) is 14.9. The van der Waals surface area contributed by atoms with Gasteiger partial charge in [-0.05, 0) is 31.2 Å². The van der Waals surface area contributed by atoms with Crippen LogP contribution in [0.5, 0.6) is 0 Å². The van der Waals surface area contributed by atoms with Gasteiger partial charge in [0.05, 0.1) is 0 Å². The van der Waals surface area contributed by atoms with Crippen LogP contribution in [-0.4, -0.2) is 60.9 Å². The molecule has 24 heavy (non-hydrogen) atoms. The minimum absolute atomic E-state index is 0.0198. The molecule has 1 heterocycles. The highest BCUT2D eigenvalue weighted by atomic mass is 16.2. The van der Waals surface area contributed by atoms with Gasteiger partial charge in [-0.25, -0.2) is 0 Å². The first-order valence-corrected chi connectivity index (χ1v) is 9.05. The van der Waals surface area contributed by atoms with Crippen molar-refractivity contribution < 1.29 is 9.59 Å². The van der Waals surface area contributed by atoms with Crippen LogP contribution < -0.4 is 5.32 Å². The van der Waals surface area contributed by atoms with E-state index in [0.717, 1.165) is 52.0 Å². The van der Waals surface area contributed by atoms with E-state index in [1.165, 1.54) is 0 Å². The van der Waals surface area contributed by atoms with Crippen molar-refractivity contribution in [2.75, 3.05) is 39.3 Å². The molecule has 1 aromatic rings. The largest absolute Gasteiger partial charge is 0.352 e. The molecule has 1 aliphatic rings. The molecule has 1 N–H and O–H groups in total. The van der Waals surface area contributed by atoms with Gasteiger partial charge in [0.2, 0.25) is 0 Å². The van der Waals surface area contributed by atoms with E-state index in [1.54, 1.807) is 24.3 Å². The van der Waals surface area contributed by atoms with Crippen LogP contribution in [0.1, 0.15) is 53.8 Å². The van der Waals surface area contributed by atoms with Crippen LogP contribution >= 0.6 is 0 Å². The molecule has 0 saturated carbocycles. The third-order valence-electron chi connectivity index (χ3n) is 4.54. The van der Waals surface area contributed by atoms with E-state index >= 15 is 0 Å². The minimum atomic E-state index is -0.100. The van der Waals surface area contributed by atoms with Gasteiger partial charge in [-0.15, -0.1) is 0 Å². The Kier molecular flexibility index (Phi) is 7.25. The molecular formula is C19H29N3O2. The number of amides is 2. The Hall–Kier alpha value is -1.88. The Morgan fingerprint density at radius 1 is 1.04 bits per heavy atom. The molecule has 5 nitrogen and oxygen atoms in total. The van der Waals surface area contributed by atoms with Crippen LogP contribution in [0.4, 0.5) is 0 Å². The number of unbranched alkanes of at least 4 members (excludes halogenated alkanes) is 2. The van der Waals surface area contributed by atoms with Gasteiger partial charge in [-0.1, -0.05) is 32.8 Å². The molecule has 0 aliphatic carbocycles. The van der Waals surface area contributed by atoms with E-state index in [9.17, 15) is 9.59 Å². The monoisotopic (exact) mass is 331 g/mol. The van der Waals surface area contributed by atoms with Gasteiger partial charge in [0.1, 0.15) is 0 Å². The molecule has 0 bridgehead atoms. The average Bonchev–Trinajstić information content (AvgIpc) is 2.64. The van der Waals surface area contributed by atoms with E-state index < -0.39 is 0 Å². The standard InChI is InChI=1S/C19H29N3O2/c1-3-5-6-10-20-18(23)16-8-7-9-17(15-16)19(24)22-13-11-21(4-2)12-14-22/h7-9,15H,3-6,10-14H2,1-2H3,(H,20,23). The van der Waals surface area contributed by atoms with Crippen molar-refractivity contribution >= 4 is 11.8 Å². The molecular weight excluding hydrogens is 302 g/mol. The quantitative estimate of drug-likeness (QED) is 0.781. The lowest BCUT2D eigenvalue weighted by molar-refractivity contribution is 0.0643. The molecule has 0 atom stereocenters. The predicted molar refractivity (Wildman–Crippen MR) is 96.3 cm³/mol. The zero-order chi connectivity index (χ0) is 17.4. The second-order valence-corrected chi connectivity index (χ2v) is 6.27. The first-order chi connectivity index (χ1) is 11.7. The predicted octanol–water partition coefficient (Wildman–Crippen LogP) is 2.38. The fourth-order valence-electron chi connectivity index (χ4n) is 2.92. The molecule has 1 fully saturated rings. The van der Waals surface area contributed by atoms with Crippen LogP contribution in [-0.2, 0) is 0 Å². The molecule has 2 amide bonds. The van der Waals surface area contributed by atoms with E-state index in [0.29, 0.717) is 17.7 Å². The van der Waals surface area contributed by atoms with Gasteiger partial charge >= 0.3 is 0 Å². The van der Waals surface area contributed by atoms with Crippen molar-refractivity contribution in [2.24, 2.45) is 0 Å². The molecule has 132 valence electrons. The van der Waals surface area contributed by atoms with Crippen molar-refractivity contribution in [3.05, 3.63) is 35.4 Å². The Morgan fingerprint density at radius 3 is 2.42 bits per heavy atom. The molecule has 1 aromatic carbocycles. The highest BCUT2D eigenvalue weighted by Crippen LogP contribution is 2.11. The highest BCUT2D eigenvalue weighted by Gasteiger charge is 2.21. The molecule has 0 unspecified atom stereocenters. The summed E-state index contributed by atoms with van der Waals surface area (Å²) >= 11 is 0. The van der Waals surface area contributed by atoms with Gasteiger partial charge in [0, 0.05) is 43.9 Å². The van der Waals surface area contributed by atoms with Crippen LogP contribution in [0.3, 0.4) is 0 Å². The zero-order valence-corrected chi connectivity index (χ0v) is 14.9. The van der Waals surface area contributed by atoms with Gasteiger partial charge in [0.15, 0.2) is 0 Å². The SMILES string of the molecule is CCCCCNC(=O)c1cccc(C(=O)N2CCN(CC)CC2)c1. The maximum Gasteiger partial charge on any atom is 0.253 e. The lowest BCUT2D eigenvalue weighted by Gasteiger charge is -2.34. The van der Waals surface area contributed by atoms with Gasteiger partial charge in [-0.3, -0.25) is 9.59 Å². The van der Waals surface area contributed by atoms with Crippen molar-refractivity contribution in [3.63, 3.8) is 0 Å². The lowest BCUT2D eigenvalue weighted by atomic mass is 10.1. The smallest absolute Gasteiger partial charge is 0.253 e. The number of benzene rings is 1. The van der Waals surface area contributed by atoms with Gasteiger partial charge in [-0.2, -0.15) is 0 Å². The van der Waals surface area contributed by atoms with Crippen LogP contribution in [0, 0.1) is 0 Å². The highest BCUT2D eigenvalue weighted by molar-refractivity contribution is 5.99. The first-order valence-electron chi connectivity index (χ1n) is 9.05. The summed E-state index contributed by atoms with van der Waals surface area (Å²) in [5.41, 5.74) is 1.16. The normalized spacial score (nSPS) is 15.3. The van der Waals surface area contributed by atoms with E-state index in [4.69, 9.17) is 0 Å². The second kappa shape index (κ2) is 9.42. The number of rotatable bonds is 7. The van der Waals surface area contributed by atoms with E-state index in [1.807, 2.05) is 4.90 Å². The Balaban J connectivity index is 1.94. The summed E-state index contributed by atoms with van der Waals surface area (Å²) in [5.74, 6) is -0.0806. The topological polar surface area (TPSA) is 52.7 Å². The number of piperazine rings is 1. The van der Waals surface area contributed by atoms with Crippen LogP contribution in [0.25, 0.3) is 0 Å². The van der Waals surface area contributed by atoms with E-state index in [2.05, 4.69) is 24.1 Å². The van der Waals surface area contributed by atoms with E-state index in [-0.39, 0.29) is 11.8 Å². The van der Waals surface area contributed by atoms with Gasteiger partial charge < -0.3 is 15.1 Å². The molecule has 1 saturated heterocycles. The lowest BCUT2D eigenvalue weighted by Crippen LogP contribution is -2.48. The number of carbonyl (C=O) groups is 2.